The van der Waals surface area contributed by atoms with Crippen molar-refractivity contribution in [1.29, 1.82) is 0 Å². The minimum Gasteiger partial charge on any atom is -0.303 e. The van der Waals surface area contributed by atoms with Gasteiger partial charge in [-0.2, -0.15) is 0 Å². The van der Waals surface area contributed by atoms with Crippen molar-refractivity contribution >= 4 is 31.0 Å². The largest absolute Gasteiger partial charge is 0.303 e. The van der Waals surface area contributed by atoms with Crippen molar-refractivity contribution in [2.45, 2.75) is 107 Å². The molecular formula is C44H58O3. The van der Waals surface area contributed by atoms with Gasteiger partial charge in [0.1, 0.15) is 18.9 Å². The second-order valence-electron chi connectivity index (χ2n) is 13.2. The van der Waals surface area contributed by atoms with E-state index in [1.807, 2.05) is 31.2 Å². The predicted octanol–water partition coefficient (Wildman–Crippen LogP) is 11.4. The maximum absolute atomic E-state index is 10.5. The van der Waals surface area contributed by atoms with Gasteiger partial charge in [0.2, 0.25) is 0 Å². The highest BCUT2D eigenvalue weighted by Crippen LogP contribution is 2.17. The first-order valence-electron chi connectivity index (χ1n) is 17.0. The molecule has 252 valence electrons. The van der Waals surface area contributed by atoms with Crippen LogP contribution in [0.25, 0.3) is 12.2 Å². The van der Waals surface area contributed by atoms with Crippen molar-refractivity contribution < 1.29 is 14.4 Å². The Hall–Kier alpha value is -4.11. The van der Waals surface area contributed by atoms with Crippen LogP contribution in [0.15, 0.2) is 77.9 Å². The molecule has 0 radical (unpaired) electrons. The molecule has 0 unspecified atom stereocenters. The summed E-state index contributed by atoms with van der Waals surface area (Å²) < 4.78 is 0. The predicted molar refractivity (Wildman–Crippen MR) is 203 cm³/mol. The molecule has 0 fully saturated rings. The van der Waals surface area contributed by atoms with Gasteiger partial charge in [0.25, 0.3) is 0 Å². The Morgan fingerprint density at radius 2 is 1.32 bits per heavy atom. The first kappa shape index (κ1) is 40.9. The Morgan fingerprint density at radius 3 is 1.87 bits per heavy atom. The molecule has 0 saturated heterocycles. The Labute approximate surface area is 285 Å². The van der Waals surface area contributed by atoms with Crippen molar-refractivity contribution in [2.75, 3.05) is 0 Å². The van der Waals surface area contributed by atoms with E-state index in [-0.39, 0.29) is 0 Å². The van der Waals surface area contributed by atoms with E-state index in [0.717, 1.165) is 66.3 Å². The van der Waals surface area contributed by atoms with Crippen LogP contribution in [0.4, 0.5) is 0 Å². The van der Waals surface area contributed by atoms with Gasteiger partial charge in [-0.3, -0.25) is 9.59 Å². The monoisotopic (exact) mass is 634 g/mol. The fourth-order valence-electron chi connectivity index (χ4n) is 5.13. The third kappa shape index (κ3) is 18.0. The molecule has 0 spiro atoms. The average molecular weight is 635 g/mol. The van der Waals surface area contributed by atoms with Crippen LogP contribution < -0.4 is 0 Å². The first-order chi connectivity index (χ1) is 22.4. The van der Waals surface area contributed by atoms with E-state index in [0.29, 0.717) is 6.42 Å². The van der Waals surface area contributed by atoms with Crippen molar-refractivity contribution in [3.05, 3.63) is 128 Å². The number of hydrogen-bond donors (Lipinski definition) is 0. The Balaban J connectivity index is 0.000000356. The number of hydrogen-bond acceptors (Lipinski definition) is 3. The van der Waals surface area contributed by atoms with E-state index < -0.39 is 0 Å². The van der Waals surface area contributed by atoms with E-state index >= 15 is 0 Å². The van der Waals surface area contributed by atoms with Gasteiger partial charge in [-0.1, -0.05) is 104 Å². The van der Waals surface area contributed by atoms with Gasteiger partial charge in [0.05, 0.1) is 0 Å². The van der Waals surface area contributed by atoms with Gasteiger partial charge >= 0.3 is 0 Å². The molecule has 0 atom stereocenters. The molecule has 0 aliphatic heterocycles. The first-order valence-corrected chi connectivity index (χ1v) is 17.0. The van der Waals surface area contributed by atoms with Crippen LogP contribution in [-0.2, 0) is 28.9 Å². The lowest BCUT2D eigenvalue weighted by Gasteiger charge is -2.08. The fourth-order valence-corrected chi connectivity index (χ4v) is 5.13. The molecule has 0 aliphatic carbocycles. The average Bonchev–Trinajstić information content (AvgIpc) is 3.00. The molecule has 0 aliphatic rings. The number of carbonyl (C=O) groups is 3. The second-order valence-corrected chi connectivity index (χ2v) is 13.2. The standard InChI is InChI=1S/C16H24O.C16H20O.C12H14O/c2*1-13(2)6-4-7-15-9-10-16(8-5-11-17)14(3)12-15;1-9(2)6-11-4-5-12(8-13)10(3)7-11/h9-13H,4-8H2,1-3H3;5-6,8-12H,4,7H2,1-3H3;4-8H,1-3H3/b;8-5+;. The summed E-state index contributed by atoms with van der Waals surface area (Å²) >= 11 is 0. The van der Waals surface area contributed by atoms with Gasteiger partial charge in [-0.25, -0.2) is 0 Å². The van der Waals surface area contributed by atoms with Gasteiger partial charge in [0.15, 0.2) is 0 Å². The van der Waals surface area contributed by atoms with E-state index in [2.05, 4.69) is 104 Å². The zero-order chi connectivity index (χ0) is 35.2. The van der Waals surface area contributed by atoms with Crippen molar-refractivity contribution in [1.82, 2.24) is 0 Å². The lowest BCUT2D eigenvalue weighted by molar-refractivity contribution is -0.107. The summed E-state index contributed by atoms with van der Waals surface area (Å²) in [6.45, 7) is 19.1. The summed E-state index contributed by atoms with van der Waals surface area (Å²) in [5.41, 5.74) is 13.3. The zero-order valence-electron chi connectivity index (χ0n) is 30.5. The molecule has 3 rings (SSSR count). The number of aryl methyl sites for hydroxylation is 6. The number of aldehydes is 3. The minimum absolute atomic E-state index is 0.632. The number of carbonyl (C=O) groups excluding carboxylic acids is 3. The van der Waals surface area contributed by atoms with E-state index in [9.17, 15) is 14.4 Å². The van der Waals surface area contributed by atoms with Crippen LogP contribution in [0, 0.1) is 26.7 Å². The zero-order valence-corrected chi connectivity index (χ0v) is 30.5. The molecule has 0 saturated carbocycles. The molecular weight excluding hydrogens is 576 g/mol. The molecule has 0 amide bonds. The van der Waals surface area contributed by atoms with Gasteiger partial charge in [-0.15, -0.1) is 0 Å². The Kier molecular flexibility index (Phi) is 20.2. The molecule has 0 N–H and O–H groups in total. The number of benzene rings is 3. The van der Waals surface area contributed by atoms with Crippen molar-refractivity contribution in [2.24, 2.45) is 5.92 Å². The second kappa shape index (κ2) is 23.2. The molecule has 0 aromatic heterocycles. The Bertz CT molecular complexity index is 1490. The van der Waals surface area contributed by atoms with Crippen molar-refractivity contribution in [3.8, 4) is 0 Å². The lowest BCUT2D eigenvalue weighted by atomic mass is 9.97. The maximum atomic E-state index is 10.5. The third-order valence-electron chi connectivity index (χ3n) is 7.74. The molecule has 3 aromatic carbocycles. The van der Waals surface area contributed by atoms with Crippen LogP contribution in [0.1, 0.15) is 122 Å². The summed E-state index contributed by atoms with van der Waals surface area (Å²) in [4.78, 5) is 31.2. The smallest absolute Gasteiger partial charge is 0.150 e. The molecule has 3 aromatic rings. The third-order valence-corrected chi connectivity index (χ3v) is 7.74. The van der Waals surface area contributed by atoms with E-state index in [1.54, 1.807) is 0 Å². The molecule has 0 bridgehead atoms. The highest BCUT2D eigenvalue weighted by atomic mass is 16.1. The molecule has 3 heteroatoms. The topological polar surface area (TPSA) is 51.2 Å². The highest BCUT2D eigenvalue weighted by Gasteiger charge is 2.02. The van der Waals surface area contributed by atoms with Gasteiger partial charge < -0.3 is 4.79 Å². The molecule has 3 nitrogen and oxygen atoms in total. The van der Waals surface area contributed by atoms with Crippen LogP contribution in [0.5, 0.6) is 0 Å². The van der Waals surface area contributed by atoms with E-state index in [4.69, 9.17) is 0 Å². The van der Waals surface area contributed by atoms with Crippen LogP contribution in [0.2, 0.25) is 0 Å². The highest BCUT2D eigenvalue weighted by molar-refractivity contribution is 5.78. The fraction of sp³-hybridized carbons (Fsp3) is 0.386. The summed E-state index contributed by atoms with van der Waals surface area (Å²) in [7, 11) is 0. The summed E-state index contributed by atoms with van der Waals surface area (Å²) in [5.74, 6) is 0.794. The maximum Gasteiger partial charge on any atom is 0.150 e. The van der Waals surface area contributed by atoms with Gasteiger partial charge in [0, 0.05) is 12.0 Å². The summed E-state index contributed by atoms with van der Waals surface area (Å²) in [6, 6.07) is 18.9. The summed E-state index contributed by atoms with van der Waals surface area (Å²) in [6.07, 6.45) is 17.8. The molecule has 0 heterocycles. The molecule has 47 heavy (non-hydrogen) atoms. The number of allylic oxidation sites excluding steroid dienone is 4. The van der Waals surface area contributed by atoms with Crippen LogP contribution in [-0.4, -0.2) is 18.9 Å². The van der Waals surface area contributed by atoms with E-state index in [1.165, 1.54) is 64.3 Å². The SMILES string of the molecule is CC(C)=CCCc1ccc(/C=C/C=O)c(C)c1.CC(C)=Cc1ccc(C=O)c(C)c1.Cc1cc(CCCC(C)C)ccc1CCC=O. The normalized spacial score (nSPS) is 10.3. The lowest BCUT2D eigenvalue weighted by Crippen LogP contribution is -1.95. The van der Waals surface area contributed by atoms with Crippen LogP contribution >= 0.6 is 0 Å². The Morgan fingerprint density at radius 1 is 0.681 bits per heavy atom. The minimum atomic E-state index is 0.632. The summed E-state index contributed by atoms with van der Waals surface area (Å²) in [5, 5.41) is 0. The van der Waals surface area contributed by atoms with Gasteiger partial charge in [-0.05, 0) is 137 Å². The number of rotatable bonds is 14. The van der Waals surface area contributed by atoms with Crippen LogP contribution in [0.3, 0.4) is 0 Å². The van der Waals surface area contributed by atoms with Crippen molar-refractivity contribution in [3.63, 3.8) is 0 Å². The quantitative estimate of drug-likeness (QED) is 0.101.